The van der Waals surface area contributed by atoms with E-state index in [4.69, 9.17) is 5.11 Å². The van der Waals surface area contributed by atoms with E-state index in [0.29, 0.717) is 5.56 Å². The zero-order valence-electron chi connectivity index (χ0n) is 11.9. The zero-order valence-corrected chi connectivity index (χ0v) is 11.9. The summed E-state index contributed by atoms with van der Waals surface area (Å²) in [6.07, 6.45) is 2.23. The monoisotopic (exact) mass is 279 g/mol. The van der Waals surface area contributed by atoms with Gasteiger partial charge in [-0.1, -0.05) is 37.6 Å². The molecule has 0 aliphatic carbocycles. The van der Waals surface area contributed by atoms with Crippen LogP contribution in [0.4, 0.5) is 0 Å². The van der Waals surface area contributed by atoms with Crippen molar-refractivity contribution in [3.05, 3.63) is 59.7 Å². The van der Waals surface area contributed by atoms with Gasteiger partial charge in [0.05, 0.1) is 5.56 Å². The van der Waals surface area contributed by atoms with Crippen molar-refractivity contribution in [1.82, 2.24) is 4.98 Å². The number of aromatic nitrogens is 1. The largest absolute Gasteiger partial charge is 0.478 e. The fraction of sp³-hybridized carbons (Fsp3) is 0.167. The molecule has 2 aromatic carbocycles. The first kappa shape index (κ1) is 13.4. The molecule has 0 atom stereocenters. The van der Waals surface area contributed by atoms with E-state index in [1.165, 1.54) is 5.56 Å². The maximum absolute atomic E-state index is 11.0. The van der Waals surface area contributed by atoms with Gasteiger partial charge in [-0.15, -0.1) is 0 Å². The fourth-order valence-corrected chi connectivity index (χ4v) is 2.56. The van der Waals surface area contributed by atoms with Gasteiger partial charge in [0.25, 0.3) is 0 Å². The molecular formula is C18H17NO2. The molecule has 0 saturated heterocycles. The van der Waals surface area contributed by atoms with Crippen molar-refractivity contribution in [1.29, 1.82) is 0 Å². The summed E-state index contributed by atoms with van der Waals surface area (Å²) in [6.45, 7) is 2.17. The van der Waals surface area contributed by atoms with Crippen molar-refractivity contribution in [2.24, 2.45) is 0 Å². The molecule has 0 radical (unpaired) electrons. The molecule has 0 amide bonds. The van der Waals surface area contributed by atoms with Gasteiger partial charge < -0.3 is 10.1 Å². The Morgan fingerprint density at radius 2 is 1.86 bits per heavy atom. The lowest BCUT2D eigenvalue weighted by Crippen LogP contribution is -1.94. The normalized spacial score (nSPS) is 10.9. The smallest absolute Gasteiger partial charge is 0.335 e. The number of aromatic amines is 1. The number of aromatic carboxylic acids is 1. The molecule has 0 fully saturated rings. The average molecular weight is 279 g/mol. The van der Waals surface area contributed by atoms with E-state index in [1.54, 1.807) is 12.1 Å². The van der Waals surface area contributed by atoms with Crippen LogP contribution in [0.25, 0.3) is 22.2 Å². The van der Waals surface area contributed by atoms with Gasteiger partial charge >= 0.3 is 5.97 Å². The number of rotatable bonds is 4. The average Bonchev–Trinajstić information content (AvgIpc) is 2.91. The number of carbonyl (C=O) groups is 1. The van der Waals surface area contributed by atoms with Gasteiger partial charge in [-0.2, -0.15) is 0 Å². The van der Waals surface area contributed by atoms with Gasteiger partial charge in [-0.3, -0.25) is 0 Å². The van der Waals surface area contributed by atoms with Gasteiger partial charge in [0.1, 0.15) is 0 Å². The molecule has 106 valence electrons. The highest BCUT2D eigenvalue weighted by molar-refractivity contribution is 5.95. The van der Waals surface area contributed by atoms with Crippen molar-refractivity contribution >= 4 is 16.9 Å². The Morgan fingerprint density at radius 1 is 1.10 bits per heavy atom. The van der Waals surface area contributed by atoms with Crippen LogP contribution >= 0.6 is 0 Å². The summed E-state index contributed by atoms with van der Waals surface area (Å²) in [6, 6.07) is 15.6. The molecule has 0 aliphatic rings. The van der Waals surface area contributed by atoms with Crippen LogP contribution in [-0.2, 0) is 6.42 Å². The number of carboxylic acids is 1. The van der Waals surface area contributed by atoms with E-state index in [-0.39, 0.29) is 0 Å². The van der Waals surface area contributed by atoms with Gasteiger partial charge in [0, 0.05) is 16.6 Å². The fourth-order valence-electron chi connectivity index (χ4n) is 2.56. The maximum Gasteiger partial charge on any atom is 0.335 e. The molecule has 1 heterocycles. The van der Waals surface area contributed by atoms with Crippen LogP contribution in [0.15, 0.2) is 48.5 Å². The Labute approximate surface area is 123 Å². The number of hydrogen-bond acceptors (Lipinski definition) is 1. The predicted molar refractivity (Wildman–Crippen MR) is 84.7 cm³/mol. The lowest BCUT2D eigenvalue weighted by atomic mass is 10.1. The van der Waals surface area contributed by atoms with E-state index in [1.807, 2.05) is 12.1 Å². The van der Waals surface area contributed by atoms with E-state index in [9.17, 15) is 4.79 Å². The summed E-state index contributed by atoms with van der Waals surface area (Å²) >= 11 is 0. The molecular weight excluding hydrogens is 262 g/mol. The highest BCUT2D eigenvalue weighted by Crippen LogP contribution is 2.25. The van der Waals surface area contributed by atoms with Crippen molar-refractivity contribution in [3.63, 3.8) is 0 Å². The number of hydrogen-bond donors (Lipinski definition) is 2. The molecule has 3 aromatic rings. The molecule has 3 heteroatoms. The SMILES string of the molecule is CCCc1ccc(-c2cc3cc(C(=O)O)ccc3[nH]2)cc1. The molecule has 21 heavy (non-hydrogen) atoms. The Bertz CT molecular complexity index is 785. The molecule has 1 aromatic heterocycles. The lowest BCUT2D eigenvalue weighted by Gasteiger charge is -2.01. The van der Waals surface area contributed by atoms with Crippen LogP contribution in [0.1, 0.15) is 29.3 Å². The quantitative estimate of drug-likeness (QED) is 0.739. The summed E-state index contributed by atoms with van der Waals surface area (Å²) in [5.41, 5.74) is 4.73. The summed E-state index contributed by atoms with van der Waals surface area (Å²) in [7, 11) is 0. The zero-order chi connectivity index (χ0) is 14.8. The van der Waals surface area contributed by atoms with E-state index < -0.39 is 5.97 Å². The van der Waals surface area contributed by atoms with Crippen LogP contribution < -0.4 is 0 Å². The first-order valence-electron chi connectivity index (χ1n) is 7.13. The second-order valence-corrected chi connectivity index (χ2v) is 5.24. The van der Waals surface area contributed by atoms with Gasteiger partial charge in [0.15, 0.2) is 0 Å². The predicted octanol–water partition coefficient (Wildman–Crippen LogP) is 4.49. The minimum Gasteiger partial charge on any atom is -0.478 e. The third kappa shape index (κ3) is 2.68. The number of carboxylic acid groups (broad SMARTS) is 1. The van der Waals surface area contributed by atoms with E-state index >= 15 is 0 Å². The highest BCUT2D eigenvalue weighted by Gasteiger charge is 2.07. The maximum atomic E-state index is 11.0. The number of benzene rings is 2. The third-order valence-electron chi connectivity index (χ3n) is 3.67. The topological polar surface area (TPSA) is 53.1 Å². The number of fused-ring (bicyclic) bond motifs is 1. The Hall–Kier alpha value is -2.55. The minimum atomic E-state index is -0.899. The Balaban J connectivity index is 1.98. The standard InChI is InChI=1S/C18H17NO2/c1-2-3-12-4-6-13(7-5-12)17-11-15-10-14(18(20)21)8-9-16(15)19-17/h4-11,19H,2-3H2,1H3,(H,20,21). The van der Waals surface area contributed by atoms with Crippen molar-refractivity contribution in [2.45, 2.75) is 19.8 Å². The van der Waals surface area contributed by atoms with Crippen molar-refractivity contribution < 1.29 is 9.90 Å². The number of aryl methyl sites for hydroxylation is 1. The number of nitrogens with one attached hydrogen (secondary N) is 1. The first-order valence-corrected chi connectivity index (χ1v) is 7.13. The summed E-state index contributed by atoms with van der Waals surface area (Å²) in [4.78, 5) is 14.3. The molecule has 0 unspecified atom stereocenters. The van der Waals surface area contributed by atoms with Crippen LogP contribution in [-0.4, -0.2) is 16.1 Å². The van der Waals surface area contributed by atoms with E-state index in [2.05, 4.69) is 36.2 Å². The molecule has 0 bridgehead atoms. The second-order valence-electron chi connectivity index (χ2n) is 5.24. The Kier molecular flexibility index (Phi) is 3.48. The number of H-pyrrole nitrogens is 1. The molecule has 3 rings (SSSR count). The van der Waals surface area contributed by atoms with Crippen molar-refractivity contribution in [3.8, 4) is 11.3 Å². The summed E-state index contributed by atoms with van der Waals surface area (Å²) in [5, 5.41) is 9.96. The molecule has 0 saturated carbocycles. The van der Waals surface area contributed by atoms with E-state index in [0.717, 1.165) is 35.0 Å². The third-order valence-corrected chi connectivity index (χ3v) is 3.67. The van der Waals surface area contributed by atoms with Crippen LogP contribution in [0.2, 0.25) is 0 Å². The van der Waals surface area contributed by atoms with Crippen LogP contribution in [0, 0.1) is 0 Å². The summed E-state index contributed by atoms with van der Waals surface area (Å²) in [5.74, 6) is -0.899. The van der Waals surface area contributed by atoms with Gasteiger partial charge in [-0.25, -0.2) is 4.79 Å². The van der Waals surface area contributed by atoms with Gasteiger partial charge in [0.2, 0.25) is 0 Å². The minimum absolute atomic E-state index is 0.311. The molecule has 0 aliphatic heterocycles. The molecule has 3 nitrogen and oxygen atoms in total. The highest BCUT2D eigenvalue weighted by atomic mass is 16.4. The Morgan fingerprint density at radius 3 is 2.52 bits per heavy atom. The van der Waals surface area contributed by atoms with Crippen LogP contribution in [0.5, 0.6) is 0 Å². The molecule has 0 spiro atoms. The van der Waals surface area contributed by atoms with Crippen molar-refractivity contribution in [2.75, 3.05) is 0 Å². The van der Waals surface area contributed by atoms with Crippen LogP contribution in [0.3, 0.4) is 0 Å². The molecule has 2 N–H and O–H groups in total. The second kappa shape index (κ2) is 5.44. The first-order chi connectivity index (χ1) is 10.2. The summed E-state index contributed by atoms with van der Waals surface area (Å²) < 4.78 is 0. The van der Waals surface area contributed by atoms with Gasteiger partial charge in [-0.05, 0) is 41.8 Å². The lowest BCUT2D eigenvalue weighted by molar-refractivity contribution is 0.0697.